The quantitative estimate of drug-likeness (QED) is 0.815. The van der Waals surface area contributed by atoms with Crippen LogP contribution in [-0.2, 0) is 16.1 Å². The zero-order valence-electron chi connectivity index (χ0n) is 11.8. The van der Waals surface area contributed by atoms with E-state index in [1.807, 2.05) is 13.0 Å². The van der Waals surface area contributed by atoms with Gasteiger partial charge in [-0.3, -0.25) is 9.69 Å². The number of amides is 1. The summed E-state index contributed by atoms with van der Waals surface area (Å²) in [5, 5.41) is 2.86. The van der Waals surface area contributed by atoms with Crippen LogP contribution in [0.15, 0.2) is 18.2 Å². The van der Waals surface area contributed by atoms with E-state index >= 15 is 0 Å². The molecule has 1 unspecified atom stereocenters. The van der Waals surface area contributed by atoms with E-state index in [1.54, 1.807) is 12.1 Å². The minimum atomic E-state index is -0.449. The molecule has 1 atom stereocenters. The number of pyridine rings is 1. The third-order valence-corrected chi connectivity index (χ3v) is 3.39. The van der Waals surface area contributed by atoms with E-state index in [-0.39, 0.29) is 11.9 Å². The van der Waals surface area contributed by atoms with Crippen LogP contribution in [0.5, 0.6) is 0 Å². The minimum Gasteiger partial charge on any atom is -0.464 e. The number of hydrogen-bond acceptors (Lipinski definition) is 5. The second kappa shape index (κ2) is 6.47. The lowest BCUT2D eigenvalue weighted by molar-refractivity contribution is -0.129. The van der Waals surface area contributed by atoms with Crippen LogP contribution in [0.2, 0.25) is 0 Å². The number of carbonyl (C=O) groups is 2. The molecule has 1 aliphatic heterocycles. The molecule has 6 nitrogen and oxygen atoms in total. The van der Waals surface area contributed by atoms with Gasteiger partial charge in [0.1, 0.15) is 5.69 Å². The van der Waals surface area contributed by atoms with E-state index in [0.29, 0.717) is 18.8 Å². The Hall–Kier alpha value is -1.95. The van der Waals surface area contributed by atoms with E-state index in [2.05, 4.69) is 19.9 Å². The SMILES string of the molecule is CCC1C(=O)NCCN1Cc1cccc(C(=O)OC)n1. The van der Waals surface area contributed by atoms with Crippen LogP contribution >= 0.6 is 0 Å². The van der Waals surface area contributed by atoms with Gasteiger partial charge in [0.2, 0.25) is 5.91 Å². The van der Waals surface area contributed by atoms with Crippen LogP contribution in [0.1, 0.15) is 29.5 Å². The van der Waals surface area contributed by atoms with Gasteiger partial charge < -0.3 is 10.1 Å². The van der Waals surface area contributed by atoms with E-state index in [1.165, 1.54) is 7.11 Å². The second-order valence-corrected chi connectivity index (χ2v) is 4.69. The molecular weight excluding hydrogens is 258 g/mol. The monoisotopic (exact) mass is 277 g/mol. The van der Waals surface area contributed by atoms with E-state index in [9.17, 15) is 9.59 Å². The molecule has 0 aliphatic carbocycles. The highest BCUT2D eigenvalue weighted by Gasteiger charge is 2.28. The summed E-state index contributed by atoms with van der Waals surface area (Å²) in [5.74, 6) is -0.391. The summed E-state index contributed by atoms with van der Waals surface area (Å²) in [5.41, 5.74) is 1.06. The van der Waals surface area contributed by atoms with Gasteiger partial charge in [0.25, 0.3) is 0 Å². The molecule has 6 heteroatoms. The van der Waals surface area contributed by atoms with Crippen molar-refractivity contribution in [2.45, 2.75) is 25.9 Å². The molecule has 108 valence electrons. The fourth-order valence-corrected chi connectivity index (χ4v) is 2.39. The van der Waals surface area contributed by atoms with Gasteiger partial charge in [-0.15, -0.1) is 0 Å². The molecule has 0 aromatic carbocycles. The molecule has 1 aromatic rings. The average Bonchev–Trinajstić information content (AvgIpc) is 2.47. The third kappa shape index (κ3) is 3.14. The van der Waals surface area contributed by atoms with Gasteiger partial charge in [-0.2, -0.15) is 0 Å². The standard InChI is InChI=1S/C14H19N3O3/c1-3-12-13(18)15-7-8-17(12)9-10-5-4-6-11(16-10)14(19)20-2/h4-6,12H,3,7-9H2,1-2H3,(H,15,18). The van der Waals surface area contributed by atoms with Gasteiger partial charge in [0.05, 0.1) is 18.8 Å². The smallest absolute Gasteiger partial charge is 0.356 e. The van der Waals surface area contributed by atoms with Crippen molar-refractivity contribution < 1.29 is 14.3 Å². The molecule has 1 saturated heterocycles. The Morgan fingerprint density at radius 3 is 3.05 bits per heavy atom. The number of nitrogens with one attached hydrogen (secondary N) is 1. The fourth-order valence-electron chi connectivity index (χ4n) is 2.39. The van der Waals surface area contributed by atoms with Crippen LogP contribution in [0.3, 0.4) is 0 Å². The van der Waals surface area contributed by atoms with E-state index in [4.69, 9.17) is 0 Å². The minimum absolute atomic E-state index is 0.0582. The molecule has 0 spiro atoms. The molecule has 1 N–H and O–H groups in total. The number of piperazine rings is 1. The van der Waals surface area contributed by atoms with Crippen molar-refractivity contribution in [2.24, 2.45) is 0 Å². The normalized spacial score (nSPS) is 19.5. The van der Waals surface area contributed by atoms with Gasteiger partial charge in [-0.25, -0.2) is 9.78 Å². The second-order valence-electron chi connectivity index (χ2n) is 4.69. The number of nitrogens with zero attached hydrogens (tertiary/aromatic N) is 2. The van der Waals surface area contributed by atoms with Gasteiger partial charge in [0.15, 0.2) is 0 Å². The van der Waals surface area contributed by atoms with Crippen LogP contribution in [0.25, 0.3) is 0 Å². The Kier molecular flexibility index (Phi) is 4.68. The lowest BCUT2D eigenvalue weighted by Crippen LogP contribution is -2.54. The van der Waals surface area contributed by atoms with Gasteiger partial charge >= 0.3 is 5.97 Å². The Bertz CT molecular complexity index is 504. The lowest BCUT2D eigenvalue weighted by Gasteiger charge is -2.34. The molecule has 1 amide bonds. The van der Waals surface area contributed by atoms with Gasteiger partial charge in [0, 0.05) is 19.6 Å². The van der Waals surface area contributed by atoms with E-state index < -0.39 is 5.97 Å². The van der Waals surface area contributed by atoms with Crippen molar-refractivity contribution in [1.82, 2.24) is 15.2 Å². The van der Waals surface area contributed by atoms with Gasteiger partial charge in [-0.05, 0) is 18.6 Å². The maximum Gasteiger partial charge on any atom is 0.356 e. The van der Waals surface area contributed by atoms with Crippen LogP contribution in [0, 0.1) is 0 Å². The van der Waals surface area contributed by atoms with Crippen molar-refractivity contribution in [3.63, 3.8) is 0 Å². The maximum atomic E-state index is 11.8. The predicted molar refractivity (Wildman–Crippen MR) is 73.1 cm³/mol. The molecule has 0 bridgehead atoms. The number of methoxy groups -OCH3 is 1. The molecule has 1 aromatic heterocycles. The largest absolute Gasteiger partial charge is 0.464 e. The highest BCUT2D eigenvalue weighted by molar-refractivity contribution is 5.87. The number of esters is 1. The summed E-state index contributed by atoms with van der Waals surface area (Å²) < 4.78 is 4.66. The lowest BCUT2D eigenvalue weighted by atomic mass is 10.1. The Labute approximate surface area is 118 Å². The topological polar surface area (TPSA) is 71.5 Å². The maximum absolute atomic E-state index is 11.8. The highest BCUT2D eigenvalue weighted by atomic mass is 16.5. The van der Waals surface area contributed by atoms with Crippen molar-refractivity contribution in [3.8, 4) is 0 Å². The van der Waals surface area contributed by atoms with Crippen molar-refractivity contribution in [1.29, 1.82) is 0 Å². The summed E-state index contributed by atoms with van der Waals surface area (Å²) >= 11 is 0. The van der Waals surface area contributed by atoms with Crippen molar-refractivity contribution in [3.05, 3.63) is 29.6 Å². The summed E-state index contributed by atoms with van der Waals surface area (Å²) in [6.45, 7) is 3.97. The molecule has 2 heterocycles. The molecule has 0 radical (unpaired) electrons. The summed E-state index contributed by atoms with van der Waals surface area (Å²) in [6, 6.07) is 5.12. The third-order valence-electron chi connectivity index (χ3n) is 3.39. The van der Waals surface area contributed by atoms with E-state index in [0.717, 1.165) is 18.7 Å². The van der Waals surface area contributed by atoms with Crippen molar-refractivity contribution in [2.75, 3.05) is 20.2 Å². The van der Waals surface area contributed by atoms with Crippen LogP contribution in [0.4, 0.5) is 0 Å². The molecule has 20 heavy (non-hydrogen) atoms. The Morgan fingerprint density at radius 1 is 1.55 bits per heavy atom. The van der Waals surface area contributed by atoms with Crippen LogP contribution in [-0.4, -0.2) is 48.0 Å². The van der Waals surface area contributed by atoms with Crippen molar-refractivity contribution >= 4 is 11.9 Å². The number of hydrogen-bond donors (Lipinski definition) is 1. The van der Waals surface area contributed by atoms with Gasteiger partial charge in [-0.1, -0.05) is 13.0 Å². The summed E-state index contributed by atoms with van der Waals surface area (Å²) in [4.78, 5) is 29.6. The average molecular weight is 277 g/mol. The summed E-state index contributed by atoms with van der Waals surface area (Å²) in [7, 11) is 1.33. The number of carbonyl (C=O) groups excluding carboxylic acids is 2. The number of rotatable bonds is 4. The zero-order valence-corrected chi connectivity index (χ0v) is 11.8. The molecule has 1 aliphatic rings. The highest BCUT2D eigenvalue weighted by Crippen LogP contribution is 2.13. The summed E-state index contributed by atoms with van der Waals surface area (Å²) in [6.07, 6.45) is 0.753. The molecule has 0 saturated carbocycles. The predicted octanol–water partition coefficient (Wildman–Crippen LogP) is 0.579. The number of aromatic nitrogens is 1. The first-order valence-corrected chi connectivity index (χ1v) is 6.71. The Morgan fingerprint density at radius 2 is 2.35 bits per heavy atom. The Balaban J connectivity index is 2.12. The number of ether oxygens (including phenoxy) is 1. The fraction of sp³-hybridized carbons (Fsp3) is 0.500. The van der Waals surface area contributed by atoms with Crippen LogP contribution < -0.4 is 5.32 Å². The molecule has 2 rings (SSSR count). The molecule has 1 fully saturated rings. The first kappa shape index (κ1) is 14.5. The zero-order chi connectivity index (χ0) is 14.5. The first-order chi connectivity index (χ1) is 9.65. The molecular formula is C14H19N3O3. The first-order valence-electron chi connectivity index (χ1n) is 6.71.